The van der Waals surface area contributed by atoms with Crippen molar-refractivity contribution in [3.8, 4) is 16.9 Å². The van der Waals surface area contributed by atoms with Crippen LogP contribution in [0.5, 0.6) is 5.75 Å². The Morgan fingerprint density at radius 3 is 2.46 bits per heavy atom. The van der Waals surface area contributed by atoms with Crippen molar-refractivity contribution in [3.63, 3.8) is 0 Å². The number of hydrogen-bond donors (Lipinski definition) is 1. The van der Waals surface area contributed by atoms with Gasteiger partial charge in [0, 0.05) is 12.5 Å². The van der Waals surface area contributed by atoms with Gasteiger partial charge in [-0.25, -0.2) is 13.6 Å². The molecule has 1 unspecified atom stereocenters. The second-order valence-corrected chi connectivity index (χ2v) is 5.93. The highest BCUT2D eigenvalue weighted by molar-refractivity contribution is 5.95. The molecule has 1 aliphatic rings. The van der Waals surface area contributed by atoms with Crippen LogP contribution in [0.3, 0.4) is 0 Å². The van der Waals surface area contributed by atoms with Gasteiger partial charge in [-0.15, -0.1) is 0 Å². The second kappa shape index (κ2) is 5.74. The van der Waals surface area contributed by atoms with E-state index in [4.69, 9.17) is 4.74 Å². The van der Waals surface area contributed by atoms with Crippen LogP contribution in [0.2, 0.25) is 0 Å². The average Bonchev–Trinajstić information content (AvgIpc) is 2.53. The molecular weight excluding hydrogens is 314 g/mol. The summed E-state index contributed by atoms with van der Waals surface area (Å²) in [4.78, 5) is 11.3. The van der Waals surface area contributed by atoms with E-state index in [9.17, 15) is 18.7 Å². The fourth-order valence-corrected chi connectivity index (χ4v) is 2.84. The van der Waals surface area contributed by atoms with E-state index >= 15 is 0 Å². The van der Waals surface area contributed by atoms with Gasteiger partial charge in [0.25, 0.3) is 5.92 Å². The lowest BCUT2D eigenvalue weighted by Crippen LogP contribution is -2.41. The fraction of sp³-hybridized carbons (Fsp3) is 0.211. The minimum Gasteiger partial charge on any atom is -0.478 e. The number of alkyl halides is 2. The number of rotatable bonds is 3. The van der Waals surface area contributed by atoms with Crippen molar-refractivity contribution >= 4 is 12.0 Å². The molecular formula is C19H16F2O3. The van der Waals surface area contributed by atoms with Gasteiger partial charge in [0.2, 0.25) is 0 Å². The van der Waals surface area contributed by atoms with Crippen molar-refractivity contribution in [2.24, 2.45) is 0 Å². The molecule has 0 aliphatic carbocycles. The third-order valence-corrected chi connectivity index (χ3v) is 3.99. The van der Waals surface area contributed by atoms with Crippen LogP contribution in [0, 0.1) is 6.92 Å². The van der Waals surface area contributed by atoms with Crippen LogP contribution in [0.15, 0.2) is 48.0 Å². The van der Waals surface area contributed by atoms with Crippen molar-refractivity contribution in [2.75, 3.05) is 0 Å². The number of hydrogen-bond acceptors (Lipinski definition) is 2. The predicted octanol–water partition coefficient (Wildman–Crippen LogP) is 4.55. The van der Waals surface area contributed by atoms with Gasteiger partial charge < -0.3 is 9.84 Å². The van der Waals surface area contributed by atoms with E-state index in [0.29, 0.717) is 12.5 Å². The van der Waals surface area contributed by atoms with Crippen molar-refractivity contribution in [1.82, 2.24) is 0 Å². The van der Waals surface area contributed by atoms with Crippen LogP contribution in [-0.2, 0) is 4.79 Å². The quantitative estimate of drug-likeness (QED) is 0.898. The van der Waals surface area contributed by atoms with Crippen LogP contribution in [0.25, 0.3) is 17.2 Å². The summed E-state index contributed by atoms with van der Waals surface area (Å²) in [5.74, 6) is -4.45. The van der Waals surface area contributed by atoms with Gasteiger partial charge in [-0.1, -0.05) is 30.3 Å². The molecule has 2 aromatic carbocycles. The van der Waals surface area contributed by atoms with Crippen molar-refractivity contribution in [2.45, 2.75) is 25.9 Å². The van der Waals surface area contributed by atoms with Crippen molar-refractivity contribution in [1.29, 1.82) is 0 Å². The van der Waals surface area contributed by atoms with Gasteiger partial charge in [0.05, 0.1) is 5.57 Å². The maximum absolute atomic E-state index is 13.8. The number of carboxylic acids is 1. The average molecular weight is 330 g/mol. The molecule has 3 rings (SSSR count). The molecule has 24 heavy (non-hydrogen) atoms. The van der Waals surface area contributed by atoms with Crippen molar-refractivity contribution in [3.05, 3.63) is 59.2 Å². The minimum atomic E-state index is -3.31. The van der Waals surface area contributed by atoms with Gasteiger partial charge in [-0.05, 0) is 41.8 Å². The molecule has 0 bridgehead atoms. The molecule has 2 aromatic rings. The molecule has 1 N–H and O–H groups in total. The molecule has 3 nitrogen and oxygen atoms in total. The summed E-state index contributed by atoms with van der Waals surface area (Å²) in [7, 11) is 0. The molecule has 0 spiro atoms. The number of ether oxygens (including phenoxy) is 1. The van der Waals surface area contributed by atoms with Crippen LogP contribution < -0.4 is 4.74 Å². The summed E-state index contributed by atoms with van der Waals surface area (Å²) in [6, 6.07) is 13.0. The molecule has 5 heteroatoms. The maximum atomic E-state index is 13.8. The number of aryl methyl sites for hydroxylation is 1. The zero-order valence-corrected chi connectivity index (χ0v) is 13.2. The Labute approximate surface area is 138 Å². The van der Waals surface area contributed by atoms with Crippen LogP contribution in [0.1, 0.15) is 18.1 Å². The third kappa shape index (κ3) is 2.89. The summed E-state index contributed by atoms with van der Waals surface area (Å²) in [5, 5.41) is 9.22. The Morgan fingerprint density at radius 1 is 1.21 bits per heavy atom. The largest absolute Gasteiger partial charge is 0.478 e. The first-order chi connectivity index (χ1) is 11.3. The predicted molar refractivity (Wildman–Crippen MR) is 87.3 cm³/mol. The molecule has 0 radical (unpaired) electrons. The number of carbonyl (C=O) groups is 1. The summed E-state index contributed by atoms with van der Waals surface area (Å²) >= 11 is 0. The molecule has 0 saturated carbocycles. The number of aliphatic carboxylic acids is 1. The lowest BCUT2D eigenvalue weighted by atomic mass is 9.93. The smallest absolute Gasteiger partial charge is 0.335 e. The van der Waals surface area contributed by atoms with E-state index in [1.165, 1.54) is 6.08 Å². The Kier molecular flexibility index (Phi) is 3.87. The monoisotopic (exact) mass is 330 g/mol. The van der Waals surface area contributed by atoms with E-state index < -0.39 is 23.6 Å². The number of halogens is 2. The molecule has 1 heterocycles. The van der Waals surface area contributed by atoms with Gasteiger partial charge in [-0.2, -0.15) is 0 Å². The van der Waals surface area contributed by atoms with Gasteiger partial charge in [0.1, 0.15) is 5.75 Å². The number of benzene rings is 2. The lowest BCUT2D eigenvalue weighted by Gasteiger charge is -2.30. The Bertz CT molecular complexity index is 820. The van der Waals surface area contributed by atoms with Crippen LogP contribution in [0.4, 0.5) is 8.78 Å². The molecule has 1 atom stereocenters. The van der Waals surface area contributed by atoms with E-state index in [1.54, 1.807) is 12.1 Å². The number of carboxylic acid groups (broad SMARTS) is 1. The highest BCUT2D eigenvalue weighted by Crippen LogP contribution is 2.39. The standard InChI is InChI=1S/C19H16F2O3/c1-11-8-13-9-15(18(22)23)17(19(2,20)21)24-16(13)10-14(11)12-6-4-3-5-7-12/h3-10,17H,1-2H3,(H,22,23). The van der Waals surface area contributed by atoms with E-state index in [-0.39, 0.29) is 5.75 Å². The second-order valence-electron chi connectivity index (χ2n) is 5.93. The SMILES string of the molecule is Cc1cc2c(cc1-c1ccccc1)OC(C(C)(F)F)C(C(=O)O)=C2. The molecule has 124 valence electrons. The highest BCUT2D eigenvalue weighted by Gasteiger charge is 2.44. The zero-order chi connectivity index (χ0) is 17.5. The highest BCUT2D eigenvalue weighted by atomic mass is 19.3. The summed E-state index contributed by atoms with van der Waals surface area (Å²) in [5.41, 5.74) is 2.76. The van der Waals surface area contributed by atoms with Gasteiger partial charge >= 0.3 is 5.97 Å². The first-order valence-electron chi connectivity index (χ1n) is 7.47. The number of fused-ring (bicyclic) bond motifs is 1. The fourth-order valence-electron chi connectivity index (χ4n) is 2.84. The molecule has 0 fully saturated rings. The van der Waals surface area contributed by atoms with Crippen LogP contribution >= 0.6 is 0 Å². The van der Waals surface area contributed by atoms with E-state index in [0.717, 1.165) is 16.7 Å². The maximum Gasteiger partial charge on any atom is 0.335 e. The molecule has 0 amide bonds. The Balaban J connectivity index is 2.14. The Hall–Kier alpha value is -2.69. The van der Waals surface area contributed by atoms with Gasteiger partial charge in [-0.3, -0.25) is 0 Å². The van der Waals surface area contributed by atoms with Crippen LogP contribution in [-0.4, -0.2) is 23.1 Å². The summed E-state index contributed by atoms with van der Waals surface area (Å²) in [6.45, 7) is 2.54. The first-order valence-corrected chi connectivity index (χ1v) is 7.47. The van der Waals surface area contributed by atoms with E-state index in [1.807, 2.05) is 37.3 Å². The molecule has 0 saturated heterocycles. The van der Waals surface area contributed by atoms with Crippen molar-refractivity contribution < 1.29 is 23.4 Å². The topological polar surface area (TPSA) is 46.5 Å². The third-order valence-electron chi connectivity index (χ3n) is 3.99. The minimum absolute atomic E-state index is 0.260. The Morgan fingerprint density at radius 2 is 1.88 bits per heavy atom. The normalized spacial score (nSPS) is 16.8. The lowest BCUT2D eigenvalue weighted by molar-refractivity contribution is -0.137. The van der Waals surface area contributed by atoms with E-state index in [2.05, 4.69) is 0 Å². The summed E-state index contributed by atoms with van der Waals surface area (Å²) < 4.78 is 33.0. The van der Waals surface area contributed by atoms with Gasteiger partial charge in [0.15, 0.2) is 6.10 Å². The molecule has 0 aromatic heterocycles. The molecule has 1 aliphatic heterocycles. The summed E-state index contributed by atoms with van der Waals surface area (Å²) in [6.07, 6.45) is -0.542. The zero-order valence-electron chi connectivity index (χ0n) is 13.2. The first kappa shape index (κ1) is 16.2.